The fraction of sp³-hybridized carbons (Fsp3) is 0.538. The molecule has 1 amide bonds. The number of amides is 1. The molecular formula is C13H16BrNO3S. The normalized spacial score (nSPS) is 19.3. The van der Waals surface area contributed by atoms with Crippen LogP contribution in [0.5, 0.6) is 0 Å². The number of nitrogens with zero attached hydrogens (tertiary/aromatic N) is 1. The molecule has 1 fully saturated rings. The van der Waals surface area contributed by atoms with Crippen LogP contribution in [0.15, 0.2) is 9.85 Å². The molecule has 6 heteroatoms. The Hall–Kier alpha value is -0.880. The van der Waals surface area contributed by atoms with Gasteiger partial charge in [0.15, 0.2) is 0 Å². The maximum absolute atomic E-state index is 12.5. The van der Waals surface area contributed by atoms with Gasteiger partial charge in [-0.15, -0.1) is 11.3 Å². The molecule has 1 saturated heterocycles. The Labute approximate surface area is 124 Å². The van der Waals surface area contributed by atoms with E-state index in [9.17, 15) is 9.59 Å². The first-order valence-corrected chi connectivity index (χ1v) is 7.80. The maximum atomic E-state index is 12.5. The van der Waals surface area contributed by atoms with Gasteiger partial charge in [-0.25, -0.2) is 4.79 Å². The molecule has 0 unspecified atom stereocenters. The number of thiophene rings is 1. The van der Waals surface area contributed by atoms with Crippen molar-refractivity contribution in [2.24, 2.45) is 0 Å². The van der Waals surface area contributed by atoms with Gasteiger partial charge in [0, 0.05) is 6.54 Å². The second-order valence-electron chi connectivity index (χ2n) is 4.60. The minimum absolute atomic E-state index is 0.0751. The van der Waals surface area contributed by atoms with Crippen molar-refractivity contribution in [2.75, 3.05) is 13.7 Å². The minimum atomic E-state index is -0.438. The zero-order valence-corrected chi connectivity index (χ0v) is 13.3. The molecule has 0 saturated carbocycles. The molecule has 1 atom stereocenters. The van der Waals surface area contributed by atoms with Crippen LogP contribution in [-0.4, -0.2) is 36.5 Å². The smallest absolute Gasteiger partial charge is 0.328 e. The van der Waals surface area contributed by atoms with E-state index in [1.807, 2.05) is 13.0 Å². The van der Waals surface area contributed by atoms with Crippen molar-refractivity contribution in [2.45, 2.75) is 32.2 Å². The third-order valence-electron chi connectivity index (χ3n) is 3.30. The Morgan fingerprint density at radius 3 is 2.79 bits per heavy atom. The van der Waals surface area contributed by atoms with Gasteiger partial charge in [-0.1, -0.05) is 0 Å². The molecule has 0 N–H and O–H groups in total. The van der Waals surface area contributed by atoms with Gasteiger partial charge in [0.2, 0.25) is 0 Å². The number of rotatable bonds is 2. The van der Waals surface area contributed by atoms with Gasteiger partial charge in [0.25, 0.3) is 5.91 Å². The molecule has 2 heterocycles. The molecule has 0 radical (unpaired) electrons. The Kier molecular flexibility index (Phi) is 4.62. The van der Waals surface area contributed by atoms with Crippen molar-refractivity contribution in [3.05, 3.63) is 20.3 Å². The summed E-state index contributed by atoms with van der Waals surface area (Å²) in [6.07, 6.45) is 2.57. The first-order valence-electron chi connectivity index (χ1n) is 6.19. The second-order valence-corrected chi connectivity index (χ2v) is 6.97. The summed E-state index contributed by atoms with van der Waals surface area (Å²) in [6, 6.07) is 1.42. The van der Waals surface area contributed by atoms with E-state index in [1.54, 1.807) is 4.90 Å². The first kappa shape index (κ1) is 14.5. The number of hydrogen-bond acceptors (Lipinski definition) is 4. The van der Waals surface area contributed by atoms with Gasteiger partial charge in [0.1, 0.15) is 6.04 Å². The molecule has 104 valence electrons. The zero-order valence-electron chi connectivity index (χ0n) is 10.9. The van der Waals surface area contributed by atoms with E-state index in [-0.39, 0.29) is 11.9 Å². The average molecular weight is 346 g/mol. The van der Waals surface area contributed by atoms with E-state index in [0.717, 1.165) is 22.2 Å². The lowest BCUT2D eigenvalue weighted by Gasteiger charge is -2.33. The van der Waals surface area contributed by atoms with Gasteiger partial charge >= 0.3 is 5.97 Å². The molecular weight excluding hydrogens is 330 g/mol. The standard InChI is InChI=1S/C13H16BrNO3S/c1-8-7-10(19-11(8)14)12(16)15-6-4-3-5-9(15)13(17)18-2/h7,9H,3-6H2,1-2H3/t9-/m1/s1. The van der Waals surface area contributed by atoms with Crippen LogP contribution in [0.3, 0.4) is 0 Å². The first-order chi connectivity index (χ1) is 9.04. The highest BCUT2D eigenvalue weighted by Crippen LogP contribution is 2.30. The fourth-order valence-corrected chi connectivity index (χ4v) is 3.75. The van der Waals surface area contributed by atoms with Crippen molar-refractivity contribution in [3.8, 4) is 0 Å². The minimum Gasteiger partial charge on any atom is -0.467 e. The number of methoxy groups -OCH3 is 1. The highest BCUT2D eigenvalue weighted by Gasteiger charge is 2.33. The highest BCUT2D eigenvalue weighted by molar-refractivity contribution is 9.11. The Morgan fingerprint density at radius 1 is 1.47 bits per heavy atom. The molecule has 1 aromatic rings. The topological polar surface area (TPSA) is 46.6 Å². The van der Waals surface area contributed by atoms with Crippen LogP contribution in [0.1, 0.15) is 34.5 Å². The van der Waals surface area contributed by atoms with E-state index >= 15 is 0 Å². The summed E-state index contributed by atoms with van der Waals surface area (Å²) in [5, 5.41) is 0. The molecule has 0 spiro atoms. The van der Waals surface area contributed by atoms with Crippen LogP contribution in [0.2, 0.25) is 0 Å². The molecule has 19 heavy (non-hydrogen) atoms. The number of carbonyl (C=O) groups excluding carboxylic acids is 2. The van der Waals surface area contributed by atoms with Gasteiger partial charge in [-0.05, 0) is 53.7 Å². The van der Waals surface area contributed by atoms with Crippen LogP contribution >= 0.6 is 27.3 Å². The van der Waals surface area contributed by atoms with Crippen LogP contribution in [0, 0.1) is 6.92 Å². The highest BCUT2D eigenvalue weighted by atomic mass is 79.9. The predicted molar refractivity (Wildman–Crippen MR) is 77.4 cm³/mol. The zero-order chi connectivity index (χ0) is 14.0. The molecule has 2 rings (SSSR count). The summed E-state index contributed by atoms with van der Waals surface area (Å²) in [7, 11) is 1.37. The third kappa shape index (κ3) is 3.00. The van der Waals surface area contributed by atoms with Crippen molar-refractivity contribution in [3.63, 3.8) is 0 Å². The van der Waals surface area contributed by atoms with Crippen molar-refractivity contribution in [1.29, 1.82) is 0 Å². The molecule has 1 aromatic heterocycles. The van der Waals surface area contributed by atoms with Crippen molar-refractivity contribution < 1.29 is 14.3 Å². The number of aryl methyl sites for hydroxylation is 1. The third-order valence-corrected chi connectivity index (χ3v) is 5.43. The van der Waals surface area contributed by atoms with Gasteiger partial charge in [-0.2, -0.15) is 0 Å². The van der Waals surface area contributed by atoms with Gasteiger partial charge in [-0.3, -0.25) is 4.79 Å². The Balaban J connectivity index is 2.22. The van der Waals surface area contributed by atoms with E-state index in [1.165, 1.54) is 18.4 Å². The quantitative estimate of drug-likeness (QED) is 0.774. The Morgan fingerprint density at radius 2 is 2.21 bits per heavy atom. The summed E-state index contributed by atoms with van der Waals surface area (Å²) in [6.45, 7) is 2.57. The summed E-state index contributed by atoms with van der Waals surface area (Å²) < 4.78 is 5.76. The summed E-state index contributed by atoms with van der Waals surface area (Å²) in [4.78, 5) is 26.6. The lowest BCUT2D eigenvalue weighted by Crippen LogP contribution is -2.48. The molecule has 4 nitrogen and oxygen atoms in total. The number of piperidine rings is 1. The molecule has 1 aliphatic rings. The average Bonchev–Trinajstić information content (AvgIpc) is 2.77. The molecule has 0 aromatic carbocycles. The number of hydrogen-bond donors (Lipinski definition) is 0. The Bertz CT molecular complexity index is 481. The van der Waals surface area contributed by atoms with E-state index in [0.29, 0.717) is 17.8 Å². The van der Waals surface area contributed by atoms with E-state index in [2.05, 4.69) is 15.9 Å². The largest absolute Gasteiger partial charge is 0.467 e. The summed E-state index contributed by atoms with van der Waals surface area (Å²) in [5.41, 5.74) is 1.04. The van der Waals surface area contributed by atoms with E-state index < -0.39 is 6.04 Å². The number of likely N-dealkylation sites (tertiary alicyclic amines) is 1. The number of ether oxygens (including phenoxy) is 1. The van der Waals surface area contributed by atoms with Crippen LogP contribution < -0.4 is 0 Å². The molecule has 0 bridgehead atoms. The molecule has 1 aliphatic heterocycles. The number of esters is 1. The van der Waals surface area contributed by atoms with Crippen LogP contribution in [0.4, 0.5) is 0 Å². The lowest BCUT2D eigenvalue weighted by atomic mass is 10.0. The number of carbonyl (C=O) groups is 2. The van der Waals surface area contributed by atoms with Crippen LogP contribution in [-0.2, 0) is 9.53 Å². The lowest BCUT2D eigenvalue weighted by molar-refractivity contribution is -0.147. The van der Waals surface area contributed by atoms with E-state index in [4.69, 9.17) is 4.74 Å². The summed E-state index contributed by atoms with van der Waals surface area (Å²) >= 11 is 4.83. The van der Waals surface area contributed by atoms with Crippen molar-refractivity contribution in [1.82, 2.24) is 4.90 Å². The van der Waals surface area contributed by atoms with Crippen LogP contribution in [0.25, 0.3) is 0 Å². The van der Waals surface area contributed by atoms with Crippen molar-refractivity contribution >= 4 is 39.1 Å². The second kappa shape index (κ2) is 6.05. The fourth-order valence-electron chi connectivity index (χ4n) is 2.26. The van der Waals surface area contributed by atoms with Gasteiger partial charge < -0.3 is 9.64 Å². The maximum Gasteiger partial charge on any atom is 0.328 e. The number of halogens is 1. The summed E-state index contributed by atoms with van der Waals surface area (Å²) in [5.74, 6) is -0.394. The molecule has 0 aliphatic carbocycles. The SMILES string of the molecule is COC(=O)[C@H]1CCCCN1C(=O)c1cc(C)c(Br)s1. The predicted octanol–water partition coefficient (Wildman–Crippen LogP) is 2.99. The monoisotopic (exact) mass is 345 g/mol. The van der Waals surface area contributed by atoms with Gasteiger partial charge in [0.05, 0.1) is 15.8 Å².